The van der Waals surface area contributed by atoms with Gasteiger partial charge in [0, 0.05) is 12.2 Å². The first kappa shape index (κ1) is 14.3. The quantitative estimate of drug-likeness (QED) is 0.647. The average molecular weight is 288 g/mol. The molecular formula is C14H16N4OS. The molecule has 0 atom stereocenters. The molecule has 2 rings (SSSR count). The Morgan fingerprint density at radius 3 is 2.75 bits per heavy atom. The van der Waals surface area contributed by atoms with E-state index in [1.54, 1.807) is 0 Å². The van der Waals surface area contributed by atoms with Crippen molar-refractivity contribution < 1.29 is 4.79 Å². The van der Waals surface area contributed by atoms with Crippen LogP contribution in [0, 0.1) is 6.92 Å². The molecule has 5 nitrogen and oxygen atoms in total. The minimum absolute atomic E-state index is 0.0336. The number of nitrogens with zero attached hydrogens (tertiary/aromatic N) is 2. The number of carbonyl (C=O) groups is 1. The zero-order valence-electron chi connectivity index (χ0n) is 11.2. The Hall–Kier alpha value is -2.08. The van der Waals surface area contributed by atoms with Gasteiger partial charge in [0.05, 0.1) is 5.75 Å². The molecule has 1 amide bonds. The van der Waals surface area contributed by atoms with Crippen LogP contribution in [0.5, 0.6) is 0 Å². The van der Waals surface area contributed by atoms with Crippen molar-refractivity contribution in [2.24, 2.45) is 0 Å². The molecule has 1 aromatic carbocycles. The number of carbonyl (C=O) groups excluding carboxylic acids is 1. The van der Waals surface area contributed by atoms with E-state index in [1.807, 2.05) is 43.3 Å². The highest BCUT2D eigenvalue weighted by atomic mass is 32.2. The van der Waals surface area contributed by atoms with Crippen LogP contribution in [-0.4, -0.2) is 21.6 Å². The minimum Gasteiger partial charge on any atom is -0.368 e. The van der Waals surface area contributed by atoms with Crippen LogP contribution in [0.15, 0.2) is 41.4 Å². The largest absolute Gasteiger partial charge is 0.368 e. The number of aryl methyl sites for hydroxylation is 1. The van der Waals surface area contributed by atoms with Gasteiger partial charge in [-0.3, -0.25) is 4.79 Å². The van der Waals surface area contributed by atoms with Crippen LogP contribution in [0.1, 0.15) is 11.3 Å². The SMILES string of the molecule is Cc1cc(SCC(=O)NCc2ccccc2)nc(N)n1. The summed E-state index contributed by atoms with van der Waals surface area (Å²) >= 11 is 1.35. The van der Waals surface area contributed by atoms with E-state index < -0.39 is 0 Å². The van der Waals surface area contributed by atoms with Crippen LogP contribution in [0.2, 0.25) is 0 Å². The first-order valence-electron chi connectivity index (χ1n) is 6.18. The summed E-state index contributed by atoms with van der Waals surface area (Å²) in [4.78, 5) is 19.8. The molecule has 1 heterocycles. The van der Waals surface area contributed by atoms with Crippen LogP contribution in [0.25, 0.3) is 0 Å². The van der Waals surface area contributed by atoms with Crippen LogP contribution in [-0.2, 0) is 11.3 Å². The Labute approximate surface area is 122 Å². The number of aromatic nitrogens is 2. The van der Waals surface area contributed by atoms with E-state index in [4.69, 9.17) is 5.73 Å². The summed E-state index contributed by atoms with van der Waals surface area (Å²) in [5.41, 5.74) is 7.44. The van der Waals surface area contributed by atoms with Gasteiger partial charge in [-0.05, 0) is 18.6 Å². The lowest BCUT2D eigenvalue weighted by molar-refractivity contribution is -0.118. The Balaban J connectivity index is 1.80. The van der Waals surface area contributed by atoms with Crippen LogP contribution in [0.3, 0.4) is 0 Å². The van der Waals surface area contributed by atoms with Gasteiger partial charge in [-0.1, -0.05) is 42.1 Å². The van der Waals surface area contributed by atoms with Gasteiger partial charge >= 0.3 is 0 Å². The molecule has 6 heteroatoms. The molecular weight excluding hydrogens is 272 g/mol. The monoisotopic (exact) mass is 288 g/mol. The molecule has 3 N–H and O–H groups in total. The molecule has 0 saturated heterocycles. The van der Waals surface area contributed by atoms with E-state index >= 15 is 0 Å². The zero-order valence-corrected chi connectivity index (χ0v) is 12.0. The van der Waals surface area contributed by atoms with Crippen LogP contribution in [0.4, 0.5) is 5.95 Å². The van der Waals surface area contributed by atoms with Gasteiger partial charge in [-0.15, -0.1) is 0 Å². The number of benzene rings is 1. The van der Waals surface area contributed by atoms with Crippen molar-refractivity contribution in [3.8, 4) is 0 Å². The third kappa shape index (κ3) is 4.55. The van der Waals surface area contributed by atoms with Gasteiger partial charge in [0.25, 0.3) is 0 Å². The predicted octanol–water partition coefficient (Wildman–Crippen LogP) is 1.78. The number of thioether (sulfide) groups is 1. The van der Waals surface area contributed by atoms with Crippen molar-refractivity contribution in [2.45, 2.75) is 18.5 Å². The fourth-order valence-corrected chi connectivity index (χ4v) is 2.42. The lowest BCUT2D eigenvalue weighted by Gasteiger charge is -2.05. The van der Waals surface area contributed by atoms with E-state index in [0.717, 1.165) is 11.3 Å². The molecule has 20 heavy (non-hydrogen) atoms. The number of hydrogen-bond donors (Lipinski definition) is 2. The summed E-state index contributed by atoms with van der Waals surface area (Å²) in [7, 11) is 0. The van der Waals surface area contributed by atoms with E-state index in [1.165, 1.54) is 11.8 Å². The number of amides is 1. The predicted molar refractivity (Wildman–Crippen MR) is 80.2 cm³/mol. The number of anilines is 1. The second kappa shape index (κ2) is 6.91. The first-order chi connectivity index (χ1) is 9.63. The Bertz CT molecular complexity index is 569. The maximum Gasteiger partial charge on any atom is 0.230 e. The lowest BCUT2D eigenvalue weighted by Crippen LogP contribution is -2.24. The highest BCUT2D eigenvalue weighted by Gasteiger charge is 2.05. The first-order valence-corrected chi connectivity index (χ1v) is 7.16. The Morgan fingerprint density at radius 1 is 1.30 bits per heavy atom. The van der Waals surface area contributed by atoms with Crippen molar-refractivity contribution in [3.05, 3.63) is 47.7 Å². The summed E-state index contributed by atoms with van der Waals surface area (Å²) in [5.74, 6) is 0.508. The minimum atomic E-state index is -0.0336. The van der Waals surface area contributed by atoms with Gasteiger partial charge < -0.3 is 11.1 Å². The molecule has 0 spiro atoms. The molecule has 0 unspecified atom stereocenters. The van der Waals surface area contributed by atoms with E-state index in [-0.39, 0.29) is 11.9 Å². The second-order valence-corrected chi connectivity index (χ2v) is 5.25. The van der Waals surface area contributed by atoms with E-state index in [2.05, 4.69) is 15.3 Å². The van der Waals surface area contributed by atoms with Gasteiger partial charge in [0.2, 0.25) is 11.9 Å². The van der Waals surface area contributed by atoms with Crippen molar-refractivity contribution in [1.29, 1.82) is 0 Å². The van der Waals surface area contributed by atoms with Crippen molar-refractivity contribution in [1.82, 2.24) is 15.3 Å². The smallest absolute Gasteiger partial charge is 0.230 e. The van der Waals surface area contributed by atoms with Crippen molar-refractivity contribution in [3.63, 3.8) is 0 Å². The molecule has 1 aromatic heterocycles. The fraction of sp³-hybridized carbons (Fsp3) is 0.214. The summed E-state index contributed by atoms with van der Waals surface area (Å²) in [6.07, 6.45) is 0. The van der Waals surface area contributed by atoms with E-state index in [0.29, 0.717) is 17.3 Å². The molecule has 0 aliphatic rings. The summed E-state index contributed by atoms with van der Waals surface area (Å²) in [5, 5.41) is 3.58. The molecule has 0 radical (unpaired) electrons. The van der Waals surface area contributed by atoms with Crippen molar-refractivity contribution in [2.75, 3.05) is 11.5 Å². The summed E-state index contributed by atoms with van der Waals surface area (Å²) < 4.78 is 0. The summed E-state index contributed by atoms with van der Waals surface area (Å²) in [6.45, 7) is 2.38. The van der Waals surface area contributed by atoms with E-state index in [9.17, 15) is 4.79 Å². The maximum atomic E-state index is 11.8. The van der Waals surface area contributed by atoms with Gasteiger partial charge in [-0.25, -0.2) is 9.97 Å². The fourth-order valence-electron chi connectivity index (χ4n) is 1.62. The molecule has 104 valence electrons. The lowest BCUT2D eigenvalue weighted by atomic mass is 10.2. The third-order valence-electron chi connectivity index (χ3n) is 2.53. The van der Waals surface area contributed by atoms with Crippen LogP contribution >= 0.6 is 11.8 Å². The number of hydrogen-bond acceptors (Lipinski definition) is 5. The highest BCUT2D eigenvalue weighted by molar-refractivity contribution is 7.99. The molecule has 0 fully saturated rings. The highest BCUT2D eigenvalue weighted by Crippen LogP contribution is 2.16. The molecule has 0 bridgehead atoms. The standard InChI is InChI=1S/C14H16N4OS/c1-10-7-13(18-14(15)17-10)20-9-12(19)16-8-11-5-3-2-4-6-11/h2-7H,8-9H2,1H3,(H,16,19)(H2,15,17,18). The maximum absolute atomic E-state index is 11.8. The number of rotatable bonds is 5. The average Bonchev–Trinajstić information content (AvgIpc) is 2.43. The van der Waals surface area contributed by atoms with Crippen molar-refractivity contribution >= 4 is 23.6 Å². The van der Waals surface area contributed by atoms with Crippen LogP contribution < -0.4 is 11.1 Å². The zero-order chi connectivity index (χ0) is 14.4. The topological polar surface area (TPSA) is 80.9 Å². The second-order valence-electron chi connectivity index (χ2n) is 4.26. The van der Waals surface area contributed by atoms with Gasteiger partial charge in [-0.2, -0.15) is 0 Å². The number of nitrogens with one attached hydrogen (secondary N) is 1. The normalized spacial score (nSPS) is 10.2. The third-order valence-corrected chi connectivity index (χ3v) is 3.44. The summed E-state index contributed by atoms with van der Waals surface area (Å²) in [6, 6.07) is 11.6. The molecule has 0 aliphatic carbocycles. The van der Waals surface area contributed by atoms with Gasteiger partial charge in [0.15, 0.2) is 0 Å². The number of nitrogens with two attached hydrogens (primary N) is 1. The Kier molecular flexibility index (Phi) is 4.95. The molecule has 0 aliphatic heterocycles. The Morgan fingerprint density at radius 2 is 2.05 bits per heavy atom. The molecule has 2 aromatic rings. The van der Waals surface area contributed by atoms with Gasteiger partial charge in [0.1, 0.15) is 5.03 Å². The number of nitrogen functional groups attached to an aromatic ring is 1. The molecule has 0 saturated carbocycles.